The third-order valence-electron chi connectivity index (χ3n) is 8.75. The Hall–Kier alpha value is -6.16. The summed E-state index contributed by atoms with van der Waals surface area (Å²) < 4.78 is 0. The average Bonchev–Trinajstić information content (AvgIpc) is 3.18. The summed E-state index contributed by atoms with van der Waals surface area (Å²) in [5.41, 5.74) is 12.5. The highest BCUT2D eigenvalue weighted by atomic mass is 35.5. The van der Waals surface area contributed by atoms with Gasteiger partial charge in [0.15, 0.2) is 17.5 Å². The molecule has 0 amide bonds. The molecule has 1 aromatic heterocycles. The lowest BCUT2D eigenvalue weighted by Gasteiger charge is -2.14. The molecule has 0 saturated carbocycles. The molecule has 0 aliphatic carbocycles. The van der Waals surface area contributed by atoms with Crippen LogP contribution in [0, 0.1) is 6.92 Å². The molecular formula is C46H32ClN3. The van der Waals surface area contributed by atoms with E-state index in [1.807, 2.05) is 48.5 Å². The molecule has 0 aliphatic heterocycles. The predicted molar refractivity (Wildman–Crippen MR) is 208 cm³/mol. The summed E-state index contributed by atoms with van der Waals surface area (Å²) in [4.78, 5) is 15.5. The number of aryl methyl sites for hydroxylation is 1. The zero-order valence-corrected chi connectivity index (χ0v) is 28.2. The number of halogens is 1. The fraction of sp³-hybridized carbons (Fsp3) is 0.0217. The zero-order valence-electron chi connectivity index (χ0n) is 27.5. The van der Waals surface area contributed by atoms with Gasteiger partial charge in [0, 0.05) is 21.7 Å². The minimum absolute atomic E-state index is 0.554. The van der Waals surface area contributed by atoms with Crippen LogP contribution in [0.25, 0.3) is 78.7 Å². The Morgan fingerprint density at radius 3 is 0.960 bits per heavy atom. The van der Waals surface area contributed by atoms with Gasteiger partial charge in [0.1, 0.15) is 0 Å². The van der Waals surface area contributed by atoms with Crippen molar-refractivity contribution in [2.45, 2.75) is 6.92 Å². The van der Waals surface area contributed by atoms with Crippen molar-refractivity contribution in [1.29, 1.82) is 0 Å². The first-order valence-electron chi connectivity index (χ1n) is 16.6. The Labute approximate surface area is 297 Å². The van der Waals surface area contributed by atoms with Gasteiger partial charge in [-0.3, -0.25) is 0 Å². The molecule has 0 radical (unpaired) electrons. The Morgan fingerprint density at radius 2 is 0.560 bits per heavy atom. The van der Waals surface area contributed by atoms with Gasteiger partial charge in [-0.1, -0.05) is 139 Å². The van der Waals surface area contributed by atoms with Gasteiger partial charge < -0.3 is 0 Å². The molecule has 4 heteroatoms. The van der Waals surface area contributed by atoms with Crippen LogP contribution in [0.3, 0.4) is 0 Å². The van der Waals surface area contributed by atoms with Gasteiger partial charge in [0.25, 0.3) is 0 Å². The van der Waals surface area contributed by atoms with Gasteiger partial charge in [-0.2, -0.15) is 0 Å². The summed E-state index contributed by atoms with van der Waals surface area (Å²) in [6.45, 7) is 2.11. The SMILES string of the molecule is Cc1cc(-c2ccccc2)cc(-c2nc(-c3cc(Cl)cc(-c4ccccc4)c3)nc(-c3cc(-c4ccccc4)cc(-c4ccccc4)c3)n2)c1. The Morgan fingerprint density at radius 1 is 0.300 bits per heavy atom. The Bertz CT molecular complexity index is 2260. The molecule has 3 nitrogen and oxygen atoms in total. The van der Waals surface area contributed by atoms with Crippen LogP contribution >= 0.6 is 11.6 Å². The maximum absolute atomic E-state index is 6.78. The van der Waals surface area contributed by atoms with Crippen molar-refractivity contribution in [1.82, 2.24) is 15.0 Å². The van der Waals surface area contributed by atoms with Crippen molar-refractivity contribution in [3.8, 4) is 78.7 Å². The number of hydrogen-bond acceptors (Lipinski definition) is 3. The maximum atomic E-state index is 6.78. The van der Waals surface area contributed by atoms with E-state index in [1.165, 1.54) is 0 Å². The van der Waals surface area contributed by atoms with Crippen LogP contribution in [0.1, 0.15) is 5.56 Å². The fourth-order valence-corrected chi connectivity index (χ4v) is 6.58. The summed E-state index contributed by atoms with van der Waals surface area (Å²) in [6.07, 6.45) is 0. The molecule has 8 rings (SSSR count). The molecule has 50 heavy (non-hydrogen) atoms. The molecular weight excluding hydrogens is 630 g/mol. The third kappa shape index (κ3) is 6.73. The van der Waals surface area contributed by atoms with Crippen LogP contribution in [-0.2, 0) is 0 Å². The molecule has 0 unspecified atom stereocenters. The molecule has 0 bridgehead atoms. The minimum Gasteiger partial charge on any atom is -0.208 e. The maximum Gasteiger partial charge on any atom is 0.164 e. The summed E-state index contributed by atoms with van der Waals surface area (Å²) in [5.74, 6) is 1.74. The number of nitrogens with zero attached hydrogens (tertiary/aromatic N) is 3. The standard InChI is InChI=1S/C46H32ClN3/c1-31-22-36(32-14-6-2-7-15-32)25-40(23-31)44-48-45(50-46(49-44)42-28-39(29-43(47)30-42)35-20-12-5-13-21-35)41-26-37(33-16-8-3-9-17-33)24-38(27-41)34-18-10-4-11-19-34/h2-30H,1H3. The highest BCUT2D eigenvalue weighted by Gasteiger charge is 2.17. The minimum atomic E-state index is 0.554. The first kappa shape index (κ1) is 31.1. The lowest BCUT2D eigenvalue weighted by molar-refractivity contribution is 1.07. The highest BCUT2D eigenvalue weighted by molar-refractivity contribution is 6.31. The largest absolute Gasteiger partial charge is 0.208 e. The van der Waals surface area contributed by atoms with E-state index >= 15 is 0 Å². The van der Waals surface area contributed by atoms with Gasteiger partial charge >= 0.3 is 0 Å². The third-order valence-corrected chi connectivity index (χ3v) is 8.96. The quantitative estimate of drug-likeness (QED) is 0.171. The number of aromatic nitrogens is 3. The van der Waals surface area contributed by atoms with Crippen LogP contribution in [-0.4, -0.2) is 15.0 Å². The number of hydrogen-bond donors (Lipinski definition) is 0. The summed E-state index contributed by atoms with van der Waals surface area (Å²) in [7, 11) is 0. The van der Waals surface area contributed by atoms with Gasteiger partial charge in [-0.05, 0) is 106 Å². The van der Waals surface area contributed by atoms with Gasteiger partial charge in [-0.15, -0.1) is 0 Å². The van der Waals surface area contributed by atoms with Crippen molar-refractivity contribution in [2.24, 2.45) is 0 Å². The smallest absolute Gasteiger partial charge is 0.164 e. The first-order valence-corrected chi connectivity index (χ1v) is 17.0. The van der Waals surface area contributed by atoms with E-state index in [0.717, 1.165) is 66.8 Å². The van der Waals surface area contributed by atoms with Crippen LogP contribution in [0.5, 0.6) is 0 Å². The molecule has 0 saturated heterocycles. The van der Waals surface area contributed by atoms with Crippen molar-refractivity contribution >= 4 is 11.6 Å². The molecule has 8 aromatic rings. The second-order valence-electron chi connectivity index (χ2n) is 12.4. The normalized spacial score (nSPS) is 11.0. The Kier molecular flexibility index (Phi) is 8.56. The summed E-state index contributed by atoms with van der Waals surface area (Å²) in [6, 6.07) is 60.6. The molecule has 0 spiro atoms. The monoisotopic (exact) mass is 661 g/mol. The molecule has 0 atom stereocenters. The summed E-state index contributed by atoms with van der Waals surface area (Å²) >= 11 is 6.78. The van der Waals surface area contributed by atoms with Gasteiger partial charge in [0.05, 0.1) is 0 Å². The van der Waals surface area contributed by atoms with Crippen molar-refractivity contribution < 1.29 is 0 Å². The number of rotatable bonds is 7. The van der Waals surface area contributed by atoms with E-state index < -0.39 is 0 Å². The predicted octanol–water partition coefficient (Wildman–Crippen LogP) is 12.5. The highest BCUT2D eigenvalue weighted by Crippen LogP contribution is 2.35. The van der Waals surface area contributed by atoms with E-state index in [0.29, 0.717) is 22.5 Å². The molecule has 238 valence electrons. The molecule has 0 fully saturated rings. The van der Waals surface area contributed by atoms with Crippen molar-refractivity contribution in [3.63, 3.8) is 0 Å². The first-order chi connectivity index (χ1) is 24.6. The van der Waals surface area contributed by atoms with E-state index in [4.69, 9.17) is 26.6 Å². The summed E-state index contributed by atoms with van der Waals surface area (Å²) in [5, 5.41) is 0.615. The molecule has 1 heterocycles. The lowest BCUT2D eigenvalue weighted by atomic mass is 9.95. The molecule has 0 N–H and O–H groups in total. The van der Waals surface area contributed by atoms with Crippen LogP contribution in [0.15, 0.2) is 176 Å². The fourth-order valence-electron chi connectivity index (χ4n) is 6.34. The van der Waals surface area contributed by atoms with Crippen molar-refractivity contribution in [3.05, 3.63) is 187 Å². The van der Waals surface area contributed by atoms with Gasteiger partial charge in [-0.25, -0.2) is 15.0 Å². The van der Waals surface area contributed by atoms with E-state index in [9.17, 15) is 0 Å². The van der Waals surface area contributed by atoms with E-state index in [2.05, 4.69) is 134 Å². The Balaban J connectivity index is 1.36. The topological polar surface area (TPSA) is 38.7 Å². The van der Waals surface area contributed by atoms with E-state index in [1.54, 1.807) is 0 Å². The number of benzene rings is 7. The van der Waals surface area contributed by atoms with E-state index in [-0.39, 0.29) is 0 Å². The molecule has 0 aliphatic rings. The molecule has 7 aromatic carbocycles. The van der Waals surface area contributed by atoms with Crippen LogP contribution in [0.2, 0.25) is 5.02 Å². The van der Waals surface area contributed by atoms with Gasteiger partial charge in [0.2, 0.25) is 0 Å². The van der Waals surface area contributed by atoms with Crippen LogP contribution < -0.4 is 0 Å². The second-order valence-corrected chi connectivity index (χ2v) is 12.8. The second kappa shape index (κ2) is 13.8. The average molecular weight is 662 g/mol. The van der Waals surface area contributed by atoms with Crippen LogP contribution in [0.4, 0.5) is 0 Å². The van der Waals surface area contributed by atoms with Crippen molar-refractivity contribution in [2.75, 3.05) is 0 Å². The lowest BCUT2D eigenvalue weighted by Crippen LogP contribution is -2.01. The zero-order chi connectivity index (χ0) is 33.9.